The highest BCUT2D eigenvalue weighted by Crippen LogP contribution is 2.62. The van der Waals surface area contributed by atoms with Gasteiger partial charge in [0.05, 0.1) is 0 Å². The van der Waals surface area contributed by atoms with Crippen molar-refractivity contribution in [2.75, 3.05) is 9.80 Å². The van der Waals surface area contributed by atoms with Crippen LogP contribution >= 0.6 is 0 Å². The van der Waals surface area contributed by atoms with Gasteiger partial charge in [-0.05, 0) is 319 Å². The van der Waals surface area contributed by atoms with Crippen molar-refractivity contribution in [2.24, 2.45) is 0 Å². The van der Waals surface area contributed by atoms with Crippen molar-refractivity contribution in [1.29, 1.82) is 0 Å². The highest BCUT2D eigenvalue weighted by atomic mass is 16.1. The van der Waals surface area contributed by atoms with E-state index in [0.717, 1.165) is 81.3 Å². The van der Waals surface area contributed by atoms with Crippen molar-refractivity contribution in [3.8, 4) is 33.4 Å². The Balaban J connectivity index is 0.741. The molecule has 13 rings (SSSR count). The monoisotopic (exact) mass is 1720 g/mol. The Hall–Kier alpha value is -9.31. The second-order valence-electron chi connectivity index (χ2n) is 39.4. The van der Waals surface area contributed by atoms with Gasteiger partial charge in [0.2, 0.25) is 0 Å². The summed E-state index contributed by atoms with van der Waals surface area (Å²) in [6.07, 6.45) is 61.5. The molecule has 0 heterocycles. The van der Waals surface area contributed by atoms with Crippen molar-refractivity contribution < 1.29 is 4.79 Å². The minimum absolute atomic E-state index is 0.00583. The Morgan fingerprint density at radius 1 is 0.248 bits per heavy atom. The molecule has 0 amide bonds. The van der Waals surface area contributed by atoms with Gasteiger partial charge in [0, 0.05) is 51.4 Å². The number of hydrogen-bond acceptors (Lipinski definition) is 3. The molecule has 0 radical (unpaired) electrons. The van der Waals surface area contributed by atoms with Gasteiger partial charge in [-0.1, -0.05) is 398 Å². The number of anilines is 5. The second kappa shape index (κ2) is 51.5. The number of carbonyl (C=O) groups excluding carboxylic acids is 1. The van der Waals surface area contributed by atoms with Crippen molar-refractivity contribution in [1.82, 2.24) is 0 Å². The summed E-state index contributed by atoms with van der Waals surface area (Å²) in [5.74, 6) is 0. The van der Waals surface area contributed by atoms with Crippen LogP contribution in [0.25, 0.3) is 33.4 Å². The summed E-state index contributed by atoms with van der Waals surface area (Å²) in [6.45, 7) is 19.4. The molecule has 0 N–H and O–H groups in total. The minimum Gasteiger partial charge on any atom is -0.337 e. The quantitative estimate of drug-likeness (QED) is 0.0280. The van der Waals surface area contributed by atoms with E-state index >= 15 is 0 Å². The van der Waals surface area contributed by atoms with Crippen LogP contribution in [-0.4, -0.2) is 6.29 Å². The van der Waals surface area contributed by atoms with E-state index in [1.165, 1.54) is 318 Å². The smallest absolute Gasteiger partial charge is 0.150 e. The third-order valence-corrected chi connectivity index (χ3v) is 29.8. The van der Waals surface area contributed by atoms with E-state index in [1.807, 2.05) is 12.1 Å². The molecule has 129 heavy (non-hydrogen) atoms. The third kappa shape index (κ3) is 26.3. The van der Waals surface area contributed by atoms with Gasteiger partial charge in [-0.3, -0.25) is 4.79 Å². The van der Waals surface area contributed by atoms with E-state index in [4.69, 9.17) is 0 Å². The molecule has 3 heteroatoms. The lowest BCUT2D eigenvalue weighted by Crippen LogP contribution is -2.27. The van der Waals surface area contributed by atoms with Crippen molar-refractivity contribution in [3.05, 3.63) is 326 Å². The van der Waals surface area contributed by atoms with Crippen molar-refractivity contribution >= 4 is 34.7 Å². The van der Waals surface area contributed by atoms with E-state index in [-0.39, 0.29) is 10.8 Å². The Bertz CT molecular complexity index is 5110. The third-order valence-electron chi connectivity index (χ3n) is 29.8. The van der Waals surface area contributed by atoms with E-state index in [2.05, 4.69) is 290 Å². The normalized spacial score (nSPS) is 12.8. The first kappa shape index (κ1) is 97.2. The lowest BCUT2D eigenvalue weighted by molar-refractivity contribution is 0.112. The van der Waals surface area contributed by atoms with Gasteiger partial charge in [-0.25, -0.2) is 0 Å². The highest BCUT2D eigenvalue weighted by molar-refractivity contribution is 5.91. The molecule has 3 nitrogen and oxygen atoms in total. The number of aryl methyl sites for hydroxylation is 10. The molecule has 0 saturated heterocycles. The minimum atomic E-state index is -0.00583. The Morgan fingerprint density at radius 2 is 0.581 bits per heavy atom. The molecule has 0 saturated carbocycles. The first-order chi connectivity index (χ1) is 63.5. The molecule has 0 bridgehead atoms. The fourth-order valence-corrected chi connectivity index (χ4v) is 22.1. The SMILES string of the molecule is CCCCCCCCC1(CCCCCCCC)c2cc(CC)ccc2-c2cc3c(cc21)-c1ccc(CCc2ccc(N(Cc4ccccc4-c4ccccc4)c4ccc(CCCCc5cc(CCCCCC)c(CCCc6ccc(N(c7ccc(C)cc7)c7ccc(C=O)cc7)cc6)cc5CCCCCC)cc4)cc2)cc1C3(CCCCCCCC)CCCCCCCC. The van der Waals surface area contributed by atoms with Gasteiger partial charge in [0.1, 0.15) is 6.29 Å². The summed E-state index contributed by atoms with van der Waals surface area (Å²) in [5.41, 5.74) is 38.1. The number of aldehydes is 1. The van der Waals surface area contributed by atoms with Crippen LogP contribution < -0.4 is 9.80 Å². The zero-order valence-corrected chi connectivity index (χ0v) is 81.5. The van der Waals surface area contributed by atoms with Crippen LogP contribution in [0.2, 0.25) is 0 Å². The molecule has 0 spiro atoms. The largest absolute Gasteiger partial charge is 0.337 e. The zero-order valence-electron chi connectivity index (χ0n) is 81.5. The molecule has 2 aliphatic carbocycles. The van der Waals surface area contributed by atoms with Gasteiger partial charge in [0.25, 0.3) is 0 Å². The number of nitrogens with zero attached hydrogens (tertiary/aromatic N) is 2. The van der Waals surface area contributed by atoms with Crippen LogP contribution in [0.15, 0.2) is 237 Å². The van der Waals surface area contributed by atoms with Gasteiger partial charge in [0.15, 0.2) is 0 Å². The van der Waals surface area contributed by atoms with Crippen LogP contribution in [0.5, 0.6) is 0 Å². The molecular weight excluding hydrogens is 1560 g/mol. The predicted octanol–water partition coefficient (Wildman–Crippen LogP) is 37.2. The maximum Gasteiger partial charge on any atom is 0.150 e. The fourth-order valence-electron chi connectivity index (χ4n) is 22.1. The Morgan fingerprint density at radius 3 is 1.03 bits per heavy atom. The second-order valence-corrected chi connectivity index (χ2v) is 39.4. The van der Waals surface area contributed by atoms with E-state index < -0.39 is 0 Å². The molecule has 682 valence electrons. The van der Waals surface area contributed by atoms with E-state index in [0.29, 0.717) is 5.56 Å². The number of hydrogen-bond donors (Lipinski definition) is 0. The maximum absolute atomic E-state index is 11.6. The van der Waals surface area contributed by atoms with Gasteiger partial charge in [-0.2, -0.15) is 0 Å². The summed E-state index contributed by atoms with van der Waals surface area (Å²) in [4.78, 5) is 16.5. The fraction of sp³-hybridized carbons (Fsp3) is 0.468. The van der Waals surface area contributed by atoms with Crippen molar-refractivity contribution in [3.63, 3.8) is 0 Å². The Labute approximate surface area is 784 Å². The molecule has 0 fully saturated rings. The molecule has 11 aromatic carbocycles. The number of unbranched alkanes of at least 4 members (excludes halogenated alkanes) is 27. The molecule has 2 aliphatic rings. The van der Waals surface area contributed by atoms with Gasteiger partial charge < -0.3 is 9.80 Å². The van der Waals surface area contributed by atoms with E-state index in [9.17, 15) is 4.79 Å². The summed E-state index contributed by atoms with van der Waals surface area (Å²) < 4.78 is 0. The standard InChI is InChI=1S/C126H162N2O/c1-9-16-22-28-32-45-86-125(87-46-33-29-23-17-10-2)121-90-99(15-7)72-84-117(121)119-94-124-120(95-123(119)125)118-85-73-103(91-122(118)126(124,88-47-34-30-24-18-11-3)89-48-35-31-25-19-12-4)63-62-102-66-78-112(79-67-102)127(96-110-57-43-44-59-116(110)105-52-39-36-40-53-105)111-76-64-100(65-77-111)50-41-42-56-108-92-107(55-38-27-21-14-6)109(93-106(108)54-37-26-20-13-5)58-49-51-101-68-80-114(81-69-101)128(113-74-60-98(8)61-75-113)115-82-70-104(97-129)71-83-115/h36,39-40,43-44,52-53,57,59-61,64-85,90-95,97H,9-35,37-38,41-42,45-51,54-56,58,62-63,86-89,96H2,1-8H3. The van der Waals surface area contributed by atoms with E-state index in [1.54, 1.807) is 66.8 Å². The molecule has 0 unspecified atom stereocenters. The van der Waals surface area contributed by atoms with Crippen LogP contribution in [0.3, 0.4) is 0 Å². The topological polar surface area (TPSA) is 23.6 Å². The number of carbonyl (C=O) groups is 1. The molecule has 0 aromatic heterocycles. The lowest BCUT2D eigenvalue weighted by Gasteiger charge is -2.35. The number of benzene rings is 11. The Kier molecular flexibility index (Phi) is 38.8. The van der Waals surface area contributed by atoms with Crippen molar-refractivity contribution in [2.45, 2.75) is 381 Å². The maximum atomic E-state index is 11.6. The summed E-state index contributed by atoms with van der Waals surface area (Å²) in [7, 11) is 0. The highest BCUT2D eigenvalue weighted by Gasteiger charge is 2.48. The van der Waals surface area contributed by atoms with Gasteiger partial charge >= 0.3 is 0 Å². The summed E-state index contributed by atoms with van der Waals surface area (Å²) >= 11 is 0. The lowest BCUT2D eigenvalue weighted by atomic mass is 9.68. The average molecular weight is 1720 g/mol. The van der Waals surface area contributed by atoms with Gasteiger partial charge in [-0.15, -0.1) is 0 Å². The molecule has 0 aliphatic heterocycles. The zero-order chi connectivity index (χ0) is 89.7. The van der Waals surface area contributed by atoms with Crippen LogP contribution in [0.1, 0.15) is 393 Å². The van der Waals surface area contributed by atoms with Crippen LogP contribution in [0, 0.1) is 6.92 Å². The number of fused-ring (bicyclic) bond motifs is 6. The predicted molar refractivity (Wildman–Crippen MR) is 560 cm³/mol. The van der Waals surface area contributed by atoms with Crippen LogP contribution in [0.4, 0.5) is 28.4 Å². The first-order valence-corrected chi connectivity index (χ1v) is 52.7. The van der Waals surface area contributed by atoms with Crippen LogP contribution in [-0.2, 0) is 75.2 Å². The molecule has 11 aromatic rings. The number of rotatable bonds is 60. The average Bonchev–Trinajstić information content (AvgIpc) is 1.53. The summed E-state index contributed by atoms with van der Waals surface area (Å²) in [5, 5.41) is 0. The molecular formula is C126H162N2O. The summed E-state index contributed by atoms with van der Waals surface area (Å²) in [6, 6.07) is 92.4. The first-order valence-electron chi connectivity index (χ1n) is 52.7. The molecule has 0 atom stereocenters.